The molecule has 1 aliphatic heterocycles. The molecule has 1 unspecified atom stereocenters. The zero-order chi connectivity index (χ0) is 23.0. The van der Waals surface area contributed by atoms with E-state index in [0.29, 0.717) is 30.0 Å². The van der Waals surface area contributed by atoms with Crippen LogP contribution in [0.3, 0.4) is 0 Å². The molecular formula is C25H42N4O2. The maximum Gasteiger partial charge on any atom is 0.319 e. The highest BCUT2D eigenvalue weighted by atomic mass is 16.2. The molecule has 1 aromatic carbocycles. The minimum atomic E-state index is -0.201. The van der Waals surface area contributed by atoms with Gasteiger partial charge in [0.05, 0.1) is 0 Å². The molecule has 2 rings (SSSR count). The van der Waals surface area contributed by atoms with Crippen molar-refractivity contribution in [3.63, 3.8) is 0 Å². The normalized spacial score (nSPS) is 15.9. The van der Waals surface area contributed by atoms with E-state index in [1.165, 1.54) is 0 Å². The quantitative estimate of drug-likeness (QED) is 0.594. The predicted molar refractivity (Wildman–Crippen MR) is 129 cm³/mol. The number of carbonyl (C=O) groups excluding carboxylic acids is 2. The summed E-state index contributed by atoms with van der Waals surface area (Å²) in [6.07, 6.45) is 3.18. The fourth-order valence-corrected chi connectivity index (χ4v) is 4.35. The topological polar surface area (TPSA) is 64.7 Å². The molecule has 1 aliphatic rings. The molecule has 1 heterocycles. The summed E-state index contributed by atoms with van der Waals surface area (Å²) in [5.74, 6) is 1.35. The number of aryl methyl sites for hydroxylation is 1. The Morgan fingerprint density at radius 2 is 1.81 bits per heavy atom. The van der Waals surface area contributed by atoms with Crippen LogP contribution in [-0.2, 0) is 0 Å². The molecule has 174 valence electrons. The highest BCUT2D eigenvalue weighted by Crippen LogP contribution is 2.21. The predicted octanol–water partition coefficient (Wildman–Crippen LogP) is 4.75. The van der Waals surface area contributed by atoms with Gasteiger partial charge in [0, 0.05) is 36.9 Å². The summed E-state index contributed by atoms with van der Waals surface area (Å²) in [5.41, 5.74) is 2.33. The maximum absolute atomic E-state index is 12.8. The van der Waals surface area contributed by atoms with Gasteiger partial charge in [0.1, 0.15) is 0 Å². The summed E-state index contributed by atoms with van der Waals surface area (Å²) < 4.78 is 0. The van der Waals surface area contributed by atoms with E-state index < -0.39 is 0 Å². The Hall–Kier alpha value is -2.08. The fourth-order valence-electron chi connectivity index (χ4n) is 4.35. The van der Waals surface area contributed by atoms with Crippen LogP contribution >= 0.6 is 0 Å². The first-order valence-electron chi connectivity index (χ1n) is 11.9. The molecule has 2 N–H and O–H groups in total. The molecule has 0 aromatic heterocycles. The first-order chi connectivity index (χ1) is 14.7. The van der Waals surface area contributed by atoms with Crippen molar-refractivity contribution in [3.8, 4) is 0 Å². The van der Waals surface area contributed by atoms with Gasteiger partial charge in [0.2, 0.25) is 0 Å². The zero-order valence-corrected chi connectivity index (χ0v) is 20.3. The van der Waals surface area contributed by atoms with Gasteiger partial charge in [-0.25, -0.2) is 4.79 Å². The van der Waals surface area contributed by atoms with Gasteiger partial charge in [-0.1, -0.05) is 34.6 Å². The SMILES string of the molecule is CCN(CC)C(CNC(=O)Nc1ccc(C(=O)N2CCC(C)CC2)cc1C)CC(C)C. The first-order valence-corrected chi connectivity index (χ1v) is 11.9. The van der Waals surface area contributed by atoms with Crippen molar-refractivity contribution in [3.05, 3.63) is 29.3 Å². The Labute approximate surface area is 188 Å². The number of benzene rings is 1. The molecule has 0 spiro atoms. The van der Waals surface area contributed by atoms with Gasteiger partial charge < -0.3 is 15.5 Å². The third-order valence-electron chi connectivity index (χ3n) is 6.36. The van der Waals surface area contributed by atoms with Gasteiger partial charge in [-0.2, -0.15) is 0 Å². The highest BCUT2D eigenvalue weighted by Gasteiger charge is 2.22. The van der Waals surface area contributed by atoms with Gasteiger partial charge in [0.15, 0.2) is 0 Å². The Morgan fingerprint density at radius 3 is 2.35 bits per heavy atom. The highest BCUT2D eigenvalue weighted by molar-refractivity contribution is 5.96. The summed E-state index contributed by atoms with van der Waals surface area (Å²) in [6, 6.07) is 5.67. The largest absolute Gasteiger partial charge is 0.339 e. The van der Waals surface area contributed by atoms with E-state index in [4.69, 9.17) is 0 Å². The zero-order valence-electron chi connectivity index (χ0n) is 20.3. The van der Waals surface area contributed by atoms with E-state index >= 15 is 0 Å². The average molecular weight is 431 g/mol. The first kappa shape index (κ1) is 25.2. The van der Waals surface area contributed by atoms with Crippen molar-refractivity contribution >= 4 is 17.6 Å². The number of hydrogen-bond acceptors (Lipinski definition) is 3. The van der Waals surface area contributed by atoms with Crippen molar-refractivity contribution in [1.29, 1.82) is 0 Å². The van der Waals surface area contributed by atoms with Gasteiger partial charge >= 0.3 is 6.03 Å². The Kier molecular flexibility index (Phi) is 9.82. The third kappa shape index (κ3) is 7.53. The van der Waals surface area contributed by atoms with Crippen molar-refractivity contribution in [2.24, 2.45) is 11.8 Å². The minimum absolute atomic E-state index is 0.0850. The summed E-state index contributed by atoms with van der Waals surface area (Å²) in [6.45, 7) is 17.1. The lowest BCUT2D eigenvalue weighted by Gasteiger charge is -2.31. The van der Waals surface area contributed by atoms with E-state index in [9.17, 15) is 9.59 Å². The van der Waals surface area contributed by atoms with Crippen LogP contribution in [0, 0.1) is 18.8 Å². The lowest BCUT2D eigenvalue weighted by atomic mass is 9.98. The van der Waals surface area contributed by atoms with Crippen LogP contribution in [0.2, 0.25) is 0 Å². The number of hydrogen-bond donors (Lipinski definition) is 2. The van der Waals surface area contributed by atoms with E-state index in [0.717, 1.165) is 56.7 Å². The number of anilines is 1. The van der Waals surface area contributed by atoms with Gasteiger partial charge in [-0.05, 0) is 74.9 Å². The molecule has 0 saturated carbocycles. The molecule has 1 saturated heterocycles. The van der Waals surface area contributed by atoms with Crippen LogP contribution in [-0.4, -0.2) is 60.5 Å². The number of amides is 3. The van der Waals surface area contributed by atoms with Crippen LogP contribution in [0.1, 0.15) is 69.8 Å². The standard InChI is InChI=1S/C25H42N4O2/c1-7-28(8-2)22(15-18(3)4)17-26-25(31)27-23-10-9-21(16-20(23)6)24(30)29-13-11-19(5)12-14-29/h9-10,16,18-19,22H,7-8,11-15,17H2,1-6H3,(H2,26,27,31). The molecule has 1 aromatic rings. The number of urea groups is 1. The number of carbonyl (C=O) groups is 2. The molecule has 0 aliphatic carbocycles. The van der Waals surface area contributed by atoms with Crippen LogP contribution in [0.5, 0.6) is 0 Å². The van der Waals surface area contributed by atoms with Crippen LogP contribution in [0.4, 0.5) is 10.5 Å². The molecule has 6 heteroatoms. The van der Waals surface area contributed by atoms with E-state index in [-0.39, 0.29) is 11.9 Å². The third-order valence-corrected chi connectivity index (χ3v) is 6.36. The summed E-state index contributed by atoms with van der Waals surface area (Å²) >= 11 is 0. The second-order valence-electron chi connectivity index (χ2n) is 9.34. The Morgan fingerprint density at radius 1 is 1.16 bits per heavy atom. The van der Waals surface area contributed by atoms with Crippen molar-refractivity contribution in [2.75, 3.05) is 38.0 Å². The average Bonchev–Trinajstić information content (AvgIpc) is 2.74. The molecule has 6 nitrogen and oxygen atoms in total. The maximum atomic E-state index is 12.8. The van der Waals surface area contributed by atoms with Gasteiger partial charge in [0.25, 0.3) is 5.91 Å². The summed E-state index contributed by atoms with van der Waals surface area (Å²) in [4.78, 5) is 29.7. The molecule has 0 bridgehead atoms. The lowest BCUT2D eigenvalue weighted by Crippen LogP contribution is -2.45. The fraction of sp³-hybridized carbons (Fsp3) is 0.680. The second-order valence-corrected chi connectivity index (χ2v) is 9.34. The van der Waals surface area contributed by atoms with Crippen LogP contribution < -0.4 is 10.6 Å². The molecule has 3 amide bonds. The van der Waals surface area contributed by atoms with E-state index in [1.54, 1.807) is 0 Å². The Bertz CT molecular complexity index is 722. The van der Waals surface area contributed by atoms with Crippen molar-refractivity contribution < 1.29 is 9.59 Å². The number of nitrogens with zero attached hydrogens (tertiary/aromatic N) is 2. The smallest absolute Gasteiger partial charge is 0.319 e. The monoisotopic (exact) mass is 430 g/mol. The van der Waals surface area contributed by atoms with Crippen LogP contribution in [0.15, 0.2) is 18.2 Å². The molecular weight excluding hydrogens is 388 g/mol. The minimum Gasteiger partial charge on any atom is -0.339 e. The van der Waals surface area contributed by atoms with E-state index in [1.807, 2.05) is 30.0 Å². The molecule has 0 radical (unpaired) electrons. The van der Waals surface area contributed by atoms with Crippen molar-refractivity contribution in [1.82, 2.24) is 15.1 Å². The van der Waals surface area contributed by atoms with Crippen molar-refractivity contribution in [2.45, 2.75) is 66.8 Å². The number of rotatable bonds is 9. The van der Waals surface area contributed by atoms with E-state index in [2.05, 4.69) is 50.2 Å². The summed E-state index contributed by atoms with van der Waals surface area (Å²) in [5, 5.41) is 5.99. The number of likely N-dealkylation sites (tertiary alicyclic amines) is 1. The summed E-state index contributed by atoms with van der Waals surface area (Å²) in [7, 11) is 0. The second kappa shape index (κ2) is 12.1. The van der Waals surface area contributed by atoms with Gasteiger partial charge in [-0.3, -0.25) is 9.69 Å². The Balaban J connectivity index is 1.94. The van der Waals surface area contributed by atoms with Gasteiger partial charge in [-0.15, -0.1) is 0 Å². The molecule has 1 atom stereocenters. The molecule has 1 fully saturated rings. The lowest BCUT2D eigenvalue weighted by molar-refractivity contribution is 0.0697. The molecule has 31 heavy (non-hydrogen) atoms. The number of nitrogens with one attached hydrogen (secondary N) is 2. The number of piperidine rings is 1. The number of likely N-dealkylation sites (N-methyl/N-ethyl adjacent to an activating group) is 1. The van der Waals surface area contributed by atoms with Crippen LogP contribution in [0.25, 0.3) is 0 Å².